The molecule has 0 spiro atoms. The Morgan fingerprint density at radius 3 is 2.39 bits per heavy atom. The number of esters is 1. The van der Waals surface area contributed by atoms with Crippen molar-refractivity contribution in [2.24, 2.45) is 7.05 Å². The van der Waals surface area contributed by atoms with Crippen molar-refractivity contribution in [2.75, 3.05) is 6.61 Å². The molecule has 0 amide bonds. The van der Waals surface area contributed by atoms with Crippen LogP contribution < -0.4 is 0 Å². The molecule has 0 bridgehead atoms. The van der Waals surface area contributed by atoms with E-state index in [-0.39, 0.29) is 23.2 Å². The summed E-state index contributed by atoms with van der Waals surface area (Å²) in [5.74, 6) is -0.0600. The molecule has 0 N–H and O–H groups in total. The van der Waals surface area contributed by atoms with Crippen molar-refractivity contribution in [1.82, 2.24) is 34.6 Å². The predicted molar refractivity (Wildman–Crippen MR) is 155 cm³/mol. The minimum Gasteiger partial charge on any atom is -0.462 e. The molecule has 41 heavy (non-hydrogen) atoms. The second kappa shape index (κ2) is 9.54. The van der Waals surface area contributed by atoms with Gasteiger partial charge in [-0.3, -0.25) is 4.68 Å². The third-order valence-electron chi connectivity index (χ3n) is 8.46. The van der Waals surface area contributed by atoms with E-state index in [1.54, 1.807) is 10.9 Å². The van der Waals surface area contributed by atoms with E-state index < -0.39 is 0 Å². The topological polar surface area (TPSA) is 92.7 Å². The summed E-state index contributed by atoms with van der Waals surface area (Å²) in [6, 6.07) is 16.8. The van der Waals surface area contributed by atoms with E-state index in [4.69, 9.17) is 14.9 Å². The van der Waals surface area contributed by atoms with E-state index in [2.05, 4.69) is 65.2 Å². The highest BCUT2D eigenvalue weighted by Gasteiger charge is 2.46. The zero-order chi connectivity index (χ0) is 28.3. The van der Waals surface area contributed by atoms with Gasteiger partial charge in [-0.1, -0.05) is 43.3 Å². The maximum absolute atomic E-state index is 12.9. The number of nitrogens with zero attached hydrogens (tertiary/aromatic N) is 7. The van der Waals surface area contributed by atoms with Gasteiger partial charge in [0.2, 0.25) is 0 Å². The van der Waals surface area contributed by atoms with Gasteiger partial charge in [-0.2, -0.15) is 10.2 Å². The van der Waals surface area contributed by atoms with Crippen LogP contribution in [0.15, 0.2) is 67.1 Å². The van der Waals surface area contributed by atoms with Gasteiger partial charge in [0, 0.05) is 30.5 Å². The summed E-state index contributed by atoms with van der Waals surface area (Å²) < 4.78 is 11.1. The maximum atomic E-state index is 12.9. The average molecular weight is 548 g/mol. The molecule has 208 valence electrons. The molecule has 0 radical (unpaired) electrons. The fraction of sp³-hybridized carbons (Fsp3) is 0.344. The Bertz CT molecular complexity index is 1780. The fourth-order valence-electron chi connectivity index (χ4n) is 6.33. The van der Waals surface area contributed by atoms with Crippen LogP contribution in [0.3, 0.4) is 0 Å². The van der Waals surface area contributed by atoms with E-state index in [1.165, 1.54) is 11.3 Å². The lowest BCUT2D eigenvalue weighted by Gasteiger charge is -2.21. The summed E-state index contributed by atoms with van der Waals surface area (Å²) in [5, 5.41) is 17.9. The molecule has 3 heterocycles. The van der Waals surface area contributed by atoms with Crippen molar-refractivity contribution in [3.8, 4) is 22.5 Å². The largest absolute Gasteiger partial charge is 0.462 e. The van der Waals surface area contributed by atoms with Crippen molar-refractivity contribution in [3.05, 3.63) is 95.3 Å². The molecule has 1 fully saturated rings. The van der Waals surface area contributed by atoms with E-state index >= 15 is 0 Å². The number of fused-ring (bicyclic) bond motifs is 1. The standard InChI is InChI=1S/C32H33N7O2/c1-5-41-31(40)27-18-34-38(29(27)26-16-25(26)28-19-37(4)36-35-28)23-10-6-8-20(14-23)21-9-7-11-24(15-21)39-30-22(17-33-39)12-13-32(30,2)3/h6-11,14-15,17-19,25-26H,5,12-13,16H2,1-4H3/t25-,26-/m0/s1. The highest BCUT2D eigenvalue weighted by Crippen LogP contribution is 2.55. The zero-order valence-corrected chi connectivity index (χ0v) is 23.8. The van der Waals surface area contributed by atoms with Gasteiger partial charge in [0.05, 0.1) is 47.5 Å². The highest BCUT2D eigenvalue weighted by molar-refractivity contribution is 5.91. The Morgan fingerprint density at radius 2 is 1.71 bits per heavy atom. The summed E-state index contributed by atoms with van der Waals surface area (Å²) in [6.45, 7) is 6.72. The lowest BCUT2D eigenvalue weighted by molar-refractivity contribution is 0.0525. The van der Waals surface area contributed by atoms with Gasteiger partial charge in [0.25, 0.3) is 0 Å². The third kappa shape index (κ3) is 4.36. The van der Waals surface area contributed by atoms with Gasteiger partial charge in [0.15, 0.2) is 0 Å². The van der Waals surface area contributed by atoms with E-state index in [0.29, 0.717) is 12.2 Å². The van der Waals surface area contributed by atoms with Crippen LogP contribution >= 0.6 is 0 Å². The number of carbonyl (C=O) groups excluding carboxylic acids is 1. The molecule has 2 aromatic carbocycles. The summed E-state index contributed by atoms with van der Waals surface area (Å²) >= 11 is 0. The molecule has 9 nitrogen and oxygen atoms in total. The summed E-state index contributed by atoms with van der Waals surface area (Å²) in [7, 11) is 1.86. The van der Waals surface area contributed by atoms with Gasteiger partial charge in [-0.05, 0) is 67.1 Å². The van der Waals surface area contributed by atoms with Crippen LogP contribution in [0.1, 0.15) is 78.5 Å². The minimum atomic E-state index is -0.350. The van der Waals surface area contributed by atoms with Crippen molar-refractivity contribution < 1.29 is 9.53 Å². The van der Waals surface area contributed by atoms with Gasteiger partial charge >= 0.3 is 5.97 Å². The van der Waals surface area contributed by atoms with E-state index in [0.717, 1.165) is 53.2 Å². The van der Waals surface area contributed by atoms with Gasteiger partial charge in [-0.25, -0.2) is 14.2 Å². The number of aromatic nitrogens is 7. The maximum Gasteiger partial charge on any atom is 0.341 e. The second-order valence-electron chi connectivity index (χ2n) is 11.8. The number of rotatable bonds is 7. The lowest BCUT2D eigenvalue weighted by Crippen LogP contribution is -2.18. The second-order valence-corrected chi connectivity index (χ2v) is 11.8. The number of hydrogen-bond acceptors (Lipinski definition) is 6. The molecule has 5 aromatic rings. The molecule has 1 saturated carbocycles. The first-order valence-corrected chi connectivity index (χ1v) is 14.2. The van der Waals surface area contributed by atoms with Gasteiger partial charge < -0.3 is 4.74 Å². The number of hydrogen-bond donors (Lipinski definition) is 0. The van der Waals surface area contributed by atoms with Crippen molar-refractivity contribution >= 4 is 5.97 Å². The van der Waals surface area contributed by atoms with Crippen LogP contribution in [-0.4, -0.2) is 47.1 Å². The van der Waals surface area contributed by atoms with E-state index in [1.807, 2.05) is 43.2 Å². The molecule has 9 heteroatoms. The van der Waals surface area contributed by atoms with Crippen molar-refractivity contribution in [1.29, 1.82) is 0 Å². The highest BCUT2D eigenvalue weighted by atomic mass is 16.5. The summed E-state index contributed by atoms with van der Waals surface area (Å²) in [6.07, 6.45) is 8.68. The SMILES string of the molecule is CCOC(=O)c1cnn(-c2cccc(-c3cccc(-n4ncc5c4C(C)(C)CC5)c3)c2)c1[C@H]1C[C@@H]1c1cn(C)nn1. The Hall–Kier alpha value is -4.53. The summed E-state index contributed by atoms with van der Waals surface area (Å²) in [4.78, 5) is 12.9. The molecule has 0 saturated heterocycles. The van der Waals surface area contributed by atoms with Crippen LogP contribution in [0.4, 0.5) is 0 Å². The Labute approximate surface area is 238 Å². The number of ether oxygens (including phenoxy) is 1. The van der Waals surface area contributed by atoms with Crippen molar-refractivity contribution in [2.45, 2.75) is 57.3 Å². The molecule has 0 aliphatic heterocycles. The molecule has 2 aliphatic carbocycles. The third-order valence-corrected chi connectivity index (χ3v) is 8.46. The Morgan fingerprint density at radius 1 is 1.00 bits per heavy atom. The molecule has 7 rings (SSSR count). The van der Waals surface area contributed by atoms with Crippen LogP contribution in [0, 0.1) is 0 Å². The molecule has 2 atom stereocenters. The van der Waals surface area contributed by atoms with Gasteiger partial charge in [0.1, 0.15) is 5.56 Å². The van der Waals surface area contributed by atoms with E-state index in [9.17, 15) is 4.79 Å². The van der Waals surface area contributed by atoms with Crippen LogP contribution in [0.5, 0.6) is 0 Å². The normalized spacial score (nSPS) is 18.8. The predicted octanol–water partition coefficient (Wildman–Crippen LogP) is 5.53. The first-order valence-electron chi connectivity index (χ1n) is 14.2. The van der Waals surface area contributed by atoms with Crippen LogP contribution in [0.25, 0.3) is 22.5 Å². The fourth-order valence-corrected chi connectivity index (χ4v) is 6.33. The number of aryl methyl sites for hydroxylation is 2. The van der Waals surface area contributed by atoms with Gasteiger partial charge in [-0.15, -0.1) is 5.10 Å². The average Bonchev–Trinajstić information content (AvgIpc) is 3.33. The Balaban J connectivity index is 1.26. The monoisotopic (exact) mass is 547 g/mol. The van der Waals surface area contributed by atoms with Crippen LogP contribution in [0.2, 0.25) is 0 Å². The number of benzene rings is 2. The molecule has 3 aromatic heterocycles. The minimum absolute atomic E-state index is 0.0981. The van der Waals surface area contributed by atoms with Crippen molar-refractivity contribution in [3.63, 3.8) is 0 Å². The molecule has 2 aliphatic rings. The molecule has 0 unspecified atom stereocenters. The van der Waals surface area contributed by atoms with Crippen LogP contribution in [-0.2, 0) is 23.6 Å². The quantitative estimate of drug-likeness (QED) is 0.249. The molecular formula is C32H33N7O2. The smallest absolute Gasteiger partial charge is 0.341 e. The molecular weight excluding hydrogens is 514 g/mol. The lowest BCUT2D eigenvalue weighted by atomic mass is 9.90. The number of carbonyl (C=O) groups is 1. The Kier molecular flexibility index (Phi) is 5.92. The first kappa shape index (κ1) is 25.4. The summed E-state index contributed by atoms with van der Waals surface area (Å²) in [5.41, 5.74) is 9.14. The zero-order valence-electron chi connectivity index (χ0n) is 23.8. The first-order chi connectivity index (χ1) is 19.8.